The Balaban J connectivity index is 0.000000201. The molecule has 52 heavy (non-hydrogen) atoms. The van der Waals surface area contributed by atoms with E-state index in [4.69, 9.17) is 21.1 Å². The number of esters is 2. The molecule has 6 rings (SSSR count). The van der Waals surface area contributed by atoms with Crippen molar-refractivity contribution >= 4 is 47.2 Å². The van der Waals surface area contributed by atoms with Crippen LogP contribution < -0.4 is 5.56 Å². The highest BCUT2D eigenvalue weighted by Gasteiger charge is 2.35. The lowest BCUT2D eigenvalue weighted by molar-refractivity contribution is 0.0514. The van der Waals surface area contributed by atoms with Crippen molar-refractivity contribution in [2.24, 2.45) is 0 Å². The van der Waals surface area contributed by atoms with Crippen molar-refractivity contribution in [2.75, 3.05) is 26.3 Å². The van der Waals surface area contributed by atoms with Crippen LogP contribution in [0.3, 0.4) is 0 Å². The number of halogens is 1. The van der Waals surface area contributed by atoms with E-state index in [1.165, 1.54) is 22.2 Å². The molecule has 268 valence electrons. The molecule has 15 nitrogen and oxygen atoms in total. The highest BCUT2D eigenvalue weighted by Crippen LogP contribution is 2.24. The van der Waals surface area contributed by atoms with E-state index in [-0.39, 0.29) is 66.2 Å². The van der Waals surface area contributed by atoms with Gasteiger partial charge in [0.1, 0.15) is 27.9 Å². The van der Waals surface area contributed by atoms with E-state index in [0.29, 0.717) is 59.6 Å². The molecule has 1 N–H and O–H groups in total. The monoisotopic (exact) mass is 728 g/mol. The summed E-state index contributed by atoms with van der Waals surface area (Å²) in [5, 5.41) is 0.0224. The lowest BCUT2D eigenvalue weighted by atomic mass is 10.1. The zero-order chi connectivity index (χ0) is 37.4. The van der Waals surface area contributed by atoms with Crippen molar-refractivity contribution in [1.82, 2.24) is 29.7 Å². The van der Waals surface area contributed by atoms with E-state index in [1.807, 2.05) is 0 Å². The first-order valence-electron chi connectivity index (χ1n) is 16.4. The Bertz CT molecular complexity index is 2050. The van der Waals surface area contributed by atoms with Crippen LogP contribution >= 0.6 is 11.6 Å². The number of benzene rings is 2. The number of hydrogen-bond donors (Lipinski definition) is 1. The van der Waals surface area contributed by atoms with Crippen LogP contribution in [0.25, 0.3) is 0 Å². The zero-order valence-electron chi connectivity index (χ0n) is 28.2. The molecule has 0 aliphatic carbocycles. The summed E-state index contributed by atoms with van der Waals surface area (Å²) < 4.78 is 9.64. The molecule has 0 saturated heterocycles. The summed E-state index contributed by atoms with van der Waals surface area (Å²) in [4.78, 5) is 101. The number of carbonyl (C=O) groups is 6. The van der Waals surface area contributed by atoms with Crippen molar-refractivity contribution in [3.63, 3.8) is 0 Å². The fraction of sp³-hybridized carbons (Fsp3) is 0.278. The van der Waals surface area contributed by atoms with E-state index < -0.39 is 17.5 Å². The van der Waals surface area contributed by atoms with Crippen LogP contribution in [0.2, 0.25) is 5.15 Å². The van der Waals surface area contributed by atoms with Crippen molar-refractivity contribution in [1.29, 1.82) is 0 Å². The van der Waals surface area contributed by atoms with Crippen LogP contribution in [-0.4, -0.2) is 91.6 Å². The second-order valence-electron chi connectivity index (χ2n) is 11.3. The van der Waals surface area contributed by atoms with Crippen molar-refractivity contribution < 1.29 is 38.2 Å². The maximum atomic E-state index is 12.3. The molecule has 0 unspecified atom stereocenters. The first-order valence-corrected chi connectivity index (χ1v) is 16.8. The third-order valence-corrected chi connectivity index (χ3v) is 8.26. The van der Waals surface area contributed by atoms with E-state index in [9.17, 15) is 33.6 Å². The first-order chi connectivity index (χ1) is 25.0. The number of rotatable bonds is 12. The normalized spacial score (nSPS) is 13.1. The van der Waals surface area contributed by atoms with Gasteiger partial charge in [-0.25, -0.2) is 24.5 Å². The Morgan fingerprint density at radius 2 is 1.12 bits per heavy atom. The number of ether oxygens (including phenoxy) is 2. The number of nitrogens with one attached hydrogen (secondary N) is 1. The fourth-order valence-corrected chi connectivity index (χ4v) is 5.68. The summed E-state index contributed by atoms with van der Waals surface area (Å²) >= 11 is 6.00. The van der Waals surface area contributed by atoms with E-state index in [1.54, 1.807) is 62.4 Å². The van der Waals surface area contributed by atoms with Gasteiger partial charge in [-0.1, -0.05) is 35.9 Å². The Kier molecular flexibility index (Phi) is 12.0. The van der Waals surface area contributed by atoms with Crippen LogP contribution in [-0.2, 0) is 22.3 Å². The average molecular weight is 729 g/mol. The van der Waals surface area contributed by atoms with Crippen molar-refractivity contribution in [3.05, 3.63) is 121 Å². The molecule has 0 bridgehead atoms. The molecular formula is C36H33ClN6O9. The number of aryl methyl sites for hydroxylation is 2. The maximum Gasteiger partial charge on any atom is 0.345 e. The van der Waals surface area contributed by atoms with Crippen molar-refractivity contribution in [3.8, 4) is 0 Å². The summed E-state index contributed by atoms with van der Waals surface area (Å²) in [6.45, 7) is 4.22. The Hall–Kier alpha value is -6.09. The number of fused-ring (bicyclic) bond motifs is 2. The van der Waals surface area contributed by atoms with E-state index >= 15 is 0 Å². The molecule has 16 heteroatoms. The SMILES string of the molecule is CCOC(=O)c1cnc(CCCN2C(=O)c3ccccc3C2=O)[nH]c1=O.CCOC(=O)c1cnc(CCCN2C(=O)c3ccccc3C2=O)nc1Cl. The summed E-state index contributed by atoms with van der Waals surface area (Å²) in [6.07, 6.45) is 4.19. The molecule has 2 aliphatic heterocycles. The highest BCUT2D eigenvalue weighted by atomic mass is 35.5. The first kappa shape index (κ1) is 37.2. The van der Waals surface area contributed by atoms with Crippen LogP contribution in [0.1, 0.15) is 100 Å². The Morgan fingerprint density at radius 1 is 0.673 bits per heavy atom. The highest BCUT2D eigenvalue weighted by molar-refractivity contribution is 6.32. The molecule has 4 heterocycles. The standard InChI is InChI=1S/C18H16ClN3O4.C18H17N3O5/c1-2-26-18(25)13-10-20-14(21-15(13)19)8-5-9-22-16(23)11-6-3-4-7-12(11)17(22)24;1-2-26-18(25)13-10-19-14(20-15(13)22)8-5-9-21-16(23)11-6-3-4-7-12(11)17(21)24/h3-4,6-7,10H,2,5,8-9H2,1H3;3-4,6-7,10H,2,5,8-9H2,1H3,(H,19,20,22). The van der Waals surface area contributed by atoms with Gasteiger partial charge in [-0.15, -0.1) is 0 Å². The van der Waals surface area contributed by atoms with Crippen molar-refractivity contribution in [2.45, 2.75) is 39.5 Å². The molecule has 2 aromatic heterocycles. The largest absolute Gasteiger partial charge is 0.462 e. The summed E-state index contributed by atoms with van der Waals surface area (Å²) in [6, 6.07) is 13.4. The number of H-pyrrole nitrogens is 1. The Morgan fingerprint density at radius 3 is 1.56 bits per heavy atom. The summed E-state index contributed by atoms with van der Waals surface area (Å²) in [5.41, 5.74) is 1.04. The smallest absolute Gasteiger partial charge is 0.345 e. The minimum absolute atomic E-state index is 0.0224. The predicted molar refractivity (Wildman–Crippen MR) is 184 cm³/mol. The number of hydrogen-bond acceptors (Lipinski definition) is 12. The van der Waals surface area contributed by atoms with Gasteiger partial charge in [0.2, 0.25) is 0 Å². The third kappa shape index (κ3) is 8.10. The summed E-state index contributed by atoms with van der Waals surface area (Å²) in [7, 11) is 0. The summed E-state index contributed by atoms with van der Waals surface area (Å²) in [5.74, 6) is -1.70. The average Bonchev–Trinajstić information content (AvgIpc) is 3.52. The minimum atomic E-state index is -0.723. The number of nitrogens with zero attached hydrogens (tertiary/aromatic N) is 5. The molecule has 4 amide bonds. The molecule has 4 aromatic rings. The zero-order valence-corrected chi connectivity index (χ0v) is 29.0. The predicted octanol–water partition coefficient (Wildman–Crippen LogP) is 3.71. The van der Waals surface area contributed by atoms with Gasteiger partial charge >= 0.3 is 11.9 Å². The second kappa shape index (κ2) is 16.7. The van der Waals surface area contributed by atoms with Gasteiger partial charge in [0.05, 0.1) is 35.5 Å². The molecule has 0 radical (unpaired) electrons. The number of aromatic amines is 1. The molecule has 0 fully saturated rings. The number of carbonyl (C=O) groups excluding carboxylic acids is 6. The van der Waals surface area contributed by atoms with Gasteiger partial charge in [0.15, 0.2) is 0 Å². The second-order valence-corrected chi connectivity index (χ2v) is 11.7. The van der Waals surface area contributed by atoms with Gasteiger partial charge in [-0.3, -0.25) is 33.8 Å². The van der Waals surface area contributed by atoms with Gasteiger partial charge in [-0.05, 0) is 51.0 Å². The number of amides is 4. The molecule has 0 saturated carbocycles. The van der Waals surface area contributed by atoms with Crippen LogP contribution in [0, 0.1) is 0 Å². The van der Waals surface area contributed by atoms with Crippen LogP contribution in [0.15, 0.2) is 65.7 Å². The van der Waals surface area contributed by atoms with Crippen LogP contribution in [0.5, 0.6) is 0 Å². The quantitative estimate of drug-likeness (QED) is 0.126. The van der Waals surface area contributed by atoms with Gasteiger partial charge in [-0.2, -0.15) is 0 Å². The maximum absolute atomic E-state index is 12.3. The lowest BCUT2D eigenvalue weighted by Gasteiger charge is -2.13. The van der Waals surface area contributed by atoms with Gasteiger partial charge in [0, 0.05) is 38.3 Å². The molecule has 0 atom stereocenters. The molecule has 0 spiro atoms. The number of imide groups is 2. The number of aromatic nitrogens is 4. The van der Waals surface area contributed by atoms with Gasteiger partial charge < -0.3 is 14.5 Å². The minimum Gasteiger partial charge on any atom is -0.462 e. The molecule has 2 aliphatic rings. The molecule has 2 aromatic carbocycles. The fourth-order valence-electron chi connectivity index (χ4n) is 5.46. The van der Waals surface area contributed by atoms with E-state index in [2.05, 4.69) is 19.9 Å². The van der Waals surface area contributed by atoms with Gasteiger partial charge in [0.25, 0.3) is 29.2 Å². The molecular weight excluding hydrogens is 696 g/mol. The van der Waals surface area contributed by atoms with E-state index in [0.717, 1.165) is 0 Å². The topological polar surface area (TPSA) is 199 Å². The Labute approximate surface area is 301 Å². The lowest BCUT2D eigenvalue weighted by Crippen LogP contribution is -2.31. The van der Waals surface area contributed by atoms with Crippen LogP contribution in [0.4, 0.5) is 0 Å². The third-order valence-electron chi connectivity index (χ3n) is 7.97.